The number of hydrogen-bond acceptors (Lipinski definition) is 3. The lowest BCUT2D eigenvalue weighted by Gasteiger charge is -2.27. The molecule has 1 aliphatic heterocycles. The molecule has 1 saturated carbocycles. The van der Waals surface area contributed by atoms with Gasteiger partial charge >= 0.3 is 0 Å². The Labute approximate surface area is 129 Å². The van der Waals surface area contributed by atoms with Gasteiger partial charge in [-0.3, -0.25) is 19.7 Å². The summed E-state index contributed by atoms with van der Waals surface area (Å²) >= 11 is 0. The minimum absolute atomic E-state index is 0.0709. The number of fused-ring (bicyclic) bond motifs is 1. The number of nitrogens with zero attached hydrogens (tertiary/aromatic N) is 1. The van der Waals surface area contributed by atoms with E-state index in [9.17, 15) is 14.4 Å². The lowest BCUT2D eigenvalue weighted by Crippen LogP contribution is -2.43. The Morgan fingerprint density at radius 3 is 2.73 bits per heavy atom. The van der Waals surface area contributed by atoms with Gasteiger partial charge in [0.1, 0.15) is 5.56 Å². The summed E-state index contributed by atoms with van der Waals surface area (Å²) in [5, 5.41) is 2.22. The molecule has 2 heterocycles. The van der Waals surface area contributed by atoms with Gasteiger partial charge in [0.05, 0.1) is 6.42 Å². The van der Waals surface area contributed by atoms with Crippen molar-refractivity contribution in [3.63, 3.8) is 0 Å². The Bertz CT molecular complexity index is 699. The molecule has 2 aliphatic rings. The molecule has 2 amide bonds. The van der Waals surface area contributed by atoms with Crippen molar-refractivity contribution in [1.29, 1.82) is 0 Å². The van der Waals surface area contributed by atoms with Gasteiger partial charge in [-0.2, -0.15) is 0 Å². The lowest BCUT2D eigenvalue weighted by molar-refractivity contribution is -0.119. The van der Waals surface area contributed by atoms with Crippen LogP contribution in [0.2, 0.25) is 0 Å². The van der Waals surface area contributed by atoms with Gasteiger partial charge in [0.15, 0.2) is 5.43 Å². The number of rotatable bonds is 5. The summed E-state index contributed by atoms with van der Waals surface area (Å²) in [6, 6.07) is 1.55. The highest BCUT2D eigenvalue weighted by Crippen LogP contribution is 2.30. The van der Waals surface area contributed by atoms with Gasteiger partial charge in [-0.05, 0) is 18.8 Å². The fraction of sp³-hybridized carbons (Fsp3) is 0.471. The molecule has 116 valence electrons. The number of allylic oxidation sites excluding steroid dienone is 1. The molecule has 5 nitrogen and oxygen atoms in total. The molecule has 1 aliphatic carbocycles. The van der Waals surface area contributed by atoms with Crippen LogP contribution in [0.1, 0.15) is 47.4 Å². The third-order valence-corrected chi connectivity index (χ3v) is 4.66. The first-order valence-electron chi connectivity index (χ1n) is 7.81. The first-order chi connectivity index (χ1) is 10.6. The van der Waals surface area contributed by atoms with Gasteiger partial charge in [-0.1, -0.05) is 25.3 Å². The summed E-state index contributed by atoms with van der Waals surface area (Å²) in [5.74, 6) is -0.196. The second-order valence-electron chi connectivity index (χ2n) is 6.11. The van der Waals surface area contributed by atoms with Crippen LogP contribution in [0.4, 0.5) is 0 Å². The van der Waals surface area contributed by atoms with Crippen LogP contribution in [0.3, 0.4) is 0 Å². The number of nitrogens with one attached hydrogen (secondary N) is 1. The highest BCUT2D eigenvalue weighted by atomic mass is 16.2. The van der Waals surface area contributed by atoms with E-state index >= 15 is 0 Å². The number of imide groups is 1. The highest BCUT2D eigenvalue weighted by Gasteiger charge is 2.28. The van der Waals surface area contributed by atoms with Crippen LogP contribution in [0.25, 0.3) is 0 Å². The Kier molecular flexibility index (Phi) is 3.96. The Morgan fingerprint density at radius 1 is 1.32 bits per heavy atom. The van der Waals surface area contributed by atoms with Crippen molar-refractivity contribution in [2.45, 2.75) is 45.1 Å². The molecule has 1 N–H and O–H groups in total. The molecule has 3 rings (SSSR count). The second-order valence-corrected chi connectivity index (χ2v) is 6.11. The Morgan fingerprint density at radius 2 is 2.09 bits per heavy atom. The predicted molar refractivity (Wildman–Crippen MR) is 82.7 cm³/mol. The predicted octanol–water partition coefficient (Wildman–Crippen LogP) is 1.58. The van der Waals surface area contributed by atoms with E-state index in [2.05, 4.69) is 11.9 Å². The smallest absolute Gasteiger partial charge is 0.263 e. The number of aromatic nitrogens is 1. The fourth-order valence-electron chi connectivity index (χ4n) is 3.26. The zero-order valence-corrected chi connectivity index (χ0v) is 12.6. The fourth-order valence-corrected chi connectivity index (χ4v) is 3.26. The van der Waals surface area contributed by atoms with Gasteiger partial charge in [-0.25, -0.2) is 0 Å². The molecule has 0 unspecified atom stereocenters. The SMILES string of the molecule is C=CCn1c(CCC2CCC2)cc(=O)c2c1CC(=O)NC2=O. The van der Waals surface area contributed by atoms with Crippen LogP contribution in [0, 0.1) is 5.92 Å². The normalized spacial score (nSPS) is 17.6. The molecule has 22 heavy (non-hydrogen) atoms. The van der Waals surface area contributed by atoms with Crippen molar-refractivity contribution in [3.05, 3.63) is 45.9 Å². The molecule has 0 atom stereocenters. The number of hydrogen-bond donors (Lipinski definition) is 1. The largest absolute Gasteiger partial charge is 0.343 e. The quantitative estimate of drug-likeness (QED) is 0.663. The summed E-state index contributed by atoms with van der Waals surface area (Å²) in [6.07, 6.45) is 7.47. The molecule has 0 radical (unpaired) electrons. The summed E-state index contributed by atoms with van der Waals surface area (Å²) in [6.45, 7) is 4.25. The van der Waals surface area contributed by atoms with Gasteiger partial charge < -0.3 is 4.57 Å². The topological polar surface area (TPSA) is 68.2 Å². The molecule has 5 heteroatoms. The zero-order valence-electron chi connectivity index (χ0n) is 12.6. The van der Waals surface area contributed by atoms with E-state index in [4.69, 9.17) is 0 Å². The number of aryl methyl sites for hydroxylation is 1. The van der Waals surface area contributed by atoms with E-state index < -0.39 is 5.91 Å². The summed E-state index contributed by atoms with van der Waals surface area (Å²) in [7, 11) is 0. The van der Waals surface area contributed by atoms with Gasteiger partial charge in [0, 0.05) is 24.0 Å². The van der Waals surface area contributed by atoms with E-state index in [1.54, 1.807) is 12.1 Å². The minimum Gasteiger partial charge on any atom is -0.343 e. The molecular weight excluding hydrogens is 280 g/mol. The maximum absolute atomic E-state index is 12.3. The van der Waals surface area contributed by atoms with Crippen molar-refractivity contribution in [2.75, 3.05) is 0 Å². The summed E-state index contributed by atoms with van der Waals surface area (Å²) in [4.78, 5) is 35.9. The highest BCUT2D eigenvalue weighted by molar-refractivity contribution is 6.09. The zero-order chi connectivity index (χ0) is 15.7. The molecule has 0 aromatic carbocycles. The van der Waals surface area contributed by atoms with Crippen molar-refractivity contribution in [2.24, 2.45) is 5.92 Å². The Balaban J connectivity index is 2.01. The van der Waals surface area contributed by atoms with E-state index in [1.807, 2.05) is 4.57 Å². The van der Waals surface area contributed by atoms with Crippen LogP contribution in [0.15, 0.2) is 23.5 Å². The molecule has 0 bridgehead atoms. The van der Waals surface area contributed by atoms with Crippen LogP contribution in [0.5, 0.6) is 0 Å². The number of carbonyl (C=O) groups excluding carboxylic acids is 2. The minimum atomic E-state index is -0.584. The van der Waals surface area contributed by atoms with Crippen molar-refractivity contribution >= 4 is 11.8 Å². The van der Waals surface area contributed by atoms with Crippen LogP contribution in [-0.4, -0.2) is 16.4 Å². The number of pyridine rings is 1. The molecule has 1 aromatic heterocycles. The van der Waals surface area contributed by atoms with Crippen LogP contribution >= 0.6 is 0 Å². The van der Waals surface area contributed by atoms with Crippen LogP contribution < -0.4 is 10.7 Å². The van der Waals surface area contributed by atoms with Crippen molar-refractivity contribution in [1.82, 2.24) is 9.88 Å². The average molecular weight is 300 g/mol. The van der Waals surface area contributed by atoms with Crippen molar-refractivity contribution < 1.29 is 9.59 Å². The number of amides is 2. The maximum Gasteiger partial charge on any atom is 0.263 e. The molecule has 0 spiro atoms. The monoisotopic (exact) mass is 300 g/mol. The van der Waals surface area contributed by atoms with E-state index in [-0.39, 0.29) is 23.3 Å². The molecule has 1 aromatic rings. The van der Waals surface area contributed by atoms with Crippen molar-refractivity contribution in [3.8, 4) is 0 Å². The molecule has 1 fully saturated rings. The van der Waals surface area contributed by atoms with Gasteiger partial charge in [0.2, 0.25) is 5.91 Å². The third kappa shape index (κ3) is 2.63. The van der Waals surface area contributed by atoms with Crippen LogP contribution in [-0.2, 0) is 24.2 Å². The Hall–Kier alpha value is -2.17. The van der Waals surface area contributed by atoms with Gasteiger partial charge in [-0.15, -0.1) is 6.58 Å². The van der Waals surface area contributed by atoms with Gasteiger partial charge in [0.25, 0.3) is 5.91 Å². The first-order valence-corrected chi connectivity index (χ1v) is 7.81. The summed E-state index contributed by atoms with van der Waals surface area (Å²) in [5.41, 5.74) is 1.25. The standard InChI is InChI=1S/C17H20N2O3/c1-2-8-19-12(7-6-11-4-3-5-11)9-14(20)16-13(19)10-15(21)18-17(16)22/h2,9,11H,1,3-8,10H2,(H,18,21,22). The average Bonchev–Trinajstić information content (AvgIpc) is 2.40. The molecule has 0 saturated heterocycles. The molecular formula is C17H20N2O3. The third-order valence-electron chi connectivity index (χ3n) is 4.66. The second kappa shape index (κ2) is 5.91. The van der Waals surface area contributed by atoms with E-state index in [0.29, 0.717) is 12.2 Å². The van der Waals surface area contributed by atoms with E-state index in [1.165, 1.54) is 19.3 Å². The number of carbonyl (C=O) groups is 2. The van der Waals surface area contributed by atoms with E-state index in [0.717, 1.165) is 24.5 Å². The lowest BCUT2D eigenvalue weighted by atomic mass is 9.81. The first kappa shape index (κ1) is 14.8. The maximum atomic E-state index is 12.3. The summed E-state index contributed by atoms with van der Waals surface area (Å²) < 4.78 is 1.92.